The predicted octanol–water partition coefficient (Wildman–Crippen LogP) is 4.38. The lowest BCUT2D eigenvalue weighted by atomic mass is 9.99. The van der Waals surface area contributed by atoms with Crippen LogP contribution in [0.25, 0.3) is 10.9 Å². The molecule has 3 aromatic rings. The summed E-state index contributed by atoms with van der Waals surface area (Å²) in [5.41, 5.74) is 3.98. The third kappa shape index (κ3) is 3.48. The fourth-order valence-corrected chi connectivity index (χ4v) is 4.41. The van der Waals surface area contributed by atoms with Gasteiger partial charge in [-0.2, -0.15) is 0 Å². The van der Waals surface area contributed by atoms with Crippen molar-refractivity contribution in [2.75, 3.05) is 26.2 Å². The molecule has 0 amide bonds. The minimum absolute atomic E-state index is 0. The van der Waals surface area contributed by atoms with Crippen LogP contribution in [-0.4, -0.2) is 36.1 Å². The van der Waals surface area contributed by atoms with Crippen LogP contribution in [-0.2, 0) is 0 Å². The van der Waals surface area contributed by atoms with E-state index in [2.05, 4.69) is 63.9 Å². The number of aromatic amines is 1. The zero-order valence-electron chi connectivity index (χ0n) is 13.6. The second kappa shape index (κ2) is 8.37. The summed E-state index contributed by atoms with van der Waals surface area (Å²) in [5.74, 6) is 0. The van der Waals surface area contributed by atoms with Crippen LogP contribution in [0.3, 0.4) is 0 Å². The van der Waals surface area contributed by atoms with E-state index in [0.717, 1.165) is 26.2 Å². The average Bonchev–Trinajstić information content (AvgIpc) is 3.18. The molecule has 6 heteroatoms. The monoisotopic (exact) mass is 383 g/mol. The van der Waals surface area contributed by atoms with Crippen LogP contribution in [0.2, 0.25) is 0 Å². The van der Waals surface area contributed by atoms with Gasteiger partial charge in [0.15, 0.2) is 0 Å². The molecule has 1 aliphatic heterocycles. The van der Waals surface area contributed by atoms with E-state index in [1.54, 1.807) is 0 Å². The summed E-state index contributed by atoms with van der Waals surface area (Å²) in [6, 6.07) is 13.5. The average molecular weight is 384 g/mol. The van der Waals surface area contributed by atoms with E-state index in [0.29, 0.717) is 6.04 Å². The number of hydrogen-bond donors (Lipinski definition) is 2. The fraction of sp³-hybridized carbons (Fsp3) is 0.333. The zero-order chi connectivity index (χ0) is 14.9. The number of aromatic nitrogens is 1. The van der Waals surface area contributed by atoms with Crippen molar-refractivity contribution < 1.29 is 0 Å². The Morgan fingerprint density at radius 3 is 2.50 bits per heavy atom. The van der Waals surface area contributed by atoms with Crippen molar-refractivity contribution in [1.29, 1.82) is 0 Å². The Labute approximate surface area is 159 Å². The molecule has 2 N–H and O–H groups in total. The highest BCUT2D eigenvalue weighted by atomic mass is 35.5. The van der Waals surface area contributed by atoms with Crippen molar-refractivity contribution in [2.45, 2.75) is 13.0 Å². The maximum Gasteiger partial charge on any atom is 0.0720 e. The quantitative estimate of drug-likeness (QED) is 0.702. The molecular weight excluding hydrogens is 361 g/mol. The number of hydrogen-bond acceptors (Lipinski definition) is 3. The van der Waals surface area contributed by atoms with E-state index in [9.17, 15) is 0 Å². The van der Waals surface area contributed by atoms with Gasteiger partial charge in [-0.3, -0.25) is 4.90 Å². The van der Waals surface area contributed by atoms with E-state index in [4.69, 9.17) is 0 Å². The lowest BCUT2D eigenvalue weighted by molar-refractivity contribution is 0.201. The Morgan fingerprint density at radius 2 is 1.79 bits per heavy atom. The lowest BCUT2D eigenvalue weighted by Gasteiger charge is -2.35. The molecule has 4 rings (SSSR count). The number of nitrogens with one attached hydrogen (secondary N) is 2. The van der Waals surface area contributed by atoms with Gasteiger partial charge in [0.05, 0.1) is 6.04 Å². The van der Waals surface area contributed by atoms with Crippen LogP contribution >= 0.6 is 36.2 Å². The van der Waals surface area contributed by atoms with Crippen LogP contribution in [0.15, 0.2) is 41.8 Å². The summed E-state index contributed by atoms with van der Waals surface area (Å²) in [6.45, 7) is 6.55. The van der Waals surface area contributed by atoms with Gasteiger partial charge < -0.3 is 10.3 Å². The number of fused-ring (bicyclic) bond motifs is 1. The van der Waals surface area contributed by atoms with Crippen LogP contribution in [0.5, 0.6) is 0 Å². The van der Waals surface area contributed by atoms with Crippen LogP contribution in [0.1, 0.15) is 22.2 Å². The first kappa shape index (κ1) is 19.3. The first-order valence-corrected chi connectivity index (χ1v) is 8.78. The van der Waals surface area contributed by atoms with Gasteiger partial charge >= 0.3 is 0 Å². The van der Waals surface area contributed by atoms with Gasteiger partial charge in [-0.15, -0.1) is 36.2 Å². The fourth-order valence-electron chi connectivity index (χ4n) is 3.54. The molecule has 0 aliphatic carbocycles. The van der Waals surface area contributed by atoms with Gasteiger partial charge in [-0.25, -0.2) is 0 Å². The summed E-state index contributed by atoms with van der Waals surface area (Å²) in [5, 5.41) is 7.01. The Morgan fingerprint density at radius 1 is 1.04 bits per heavy atom. The van der Waals surface area contributed by atoms with Gasteiger partial charge in [0.1, 0.15) is 0 Å². The summed E-state index contributed by atoms with van der Waals surface area (Å²) in [7, 11) is 0. The zero-order valence-corrected chi connectivity index (χ0v) is 16.1. The normalized spacial score (nSPS) is 16.4. The maximum absolute atomic E-state index is 3.57. The Bertz CT molecular complexity index is 764. The van der Waals surface area contributed by atoms with E-state index >= 15 is 0 Å². The first-order valence-electron chi connectivity index (χ1n) is 7.90. The van der Waals surface area contributed by atoms with Crippen molar-refractivity contribution in [1.82, 2.24) is 15.2 Å². The van der Waals surface area contributed by atoms with E-state index in [1.807, 2.05) is 11.3 Å². The predicted molar refractivity (Wildman–Crippen MR) is 108 cm³/mol. The van der Waals surface area contributed by atoms with Crippen molar-refractivity contribution in [3.63, 3.8) is 0 Å². The molecule has 1 atom stereocenters. The highest BCUT2D eigenvalue weighted by Gasteiger charge is 2.28. The first-order chi connectivity index (χ1) is 10.8. The summed E-state index contributed by atoms with van der Waals surface area (Å²) in [4.78, 5) is 7.63. The number of piperazine rings is 1. The second-order valence-corrected chi connectivity index (χ2v) is 6.89. The van der Waals surface area contributed by atoms with Gasteiger partial charge in [0, 0.05) is 53.2 Å². The second-order valence-electron chi connectivity index (χ2n) is 5.91. The SMILES string of the molecule is Cc1[nH]c2ccccc2c1[C@@H](c1cccs1)N1CCNCC1.Cl.Cl. The van der Waals surface area contributed by atoms with Crippen molar-refractivity contribution >= 4 is 47.1 Å². The summed E-state index contributed by atoms with van der Waals surface area (Å²) < 4.78 is 0. The van der Waals surface area contributed by atoms with Gasteiger partial charge in [-0.05, 0) is 24.4 Å². The number of rotatable bonds is 3. The Hall–Kier alpha value is -1.04. The summed E-state index contributed by atoms with van der Waals surface area (Å²) >= 11 is 1.86. The third-order valence-corrected chi connectivity index (χ3v) is 5.47. The molecule has 3 heterocycles. The third-order valence-electron chi connectivity index (χ3n) is 4.55. The molecule has 24 heavy (non-hydrogen) atoms. The smallest absolute Gasteiger partial charge is 0.0720 e. The molecule has 1 aromatic carbocycles. The van der Waals surface area contributed by atoms with E-state index < -0.39 is 0 Å². The number of nitrogens with zero attached hydrogens (tertiary/aromatic N) is 1. The molecule has 0 unspecified atom stereocenters. The number of aryl methyl sites for hydroxylation is 1. The Kier molecular flexibility index (Phi) is 6.72. The van der Waals surface area contributed by atoms with Gasteiger partial charge in [0.2, 0.25) is 0 Å². The molecule has 2 aromatic heterocycles. The van der Waals surface area contributed by atoms with Gasteiger partial charge in [0.25, 0.3) is 0 Å². The molecule has 1 aliphatic rings. The van der Waals surface area contributed by atoms with Crippen LogP contribution in [0, 0.1) is 6.92 Å². The molecule has 130 valence electrons. The lowest BCUT2D eigenvalue weighted by Crippen LogP contribution is -2.45. The topological polar surface area (TPSA) is 31.1 Å². The van der Waals surface area contributed by atoms with Crippen molar-refractivity contribution in [3.05, 3.63) is 57.9 Å². The molecule has 0 spiro atoms. The van der Waals surface area contributed by atoms with Crippen LogP contribution < -0.4 is 5.32 Å². The number of halogens is 2. The number of benzene rings is 1. The minimum atomic E-state index is 0. The van der Waals surface area contributed by atoms with Gasteiger partial charge in [-0.1, -0.05) is 24.3 Å². The van der Waals surface area contributed by atoms with Crippen molar-refractivity contribution in [2.24, 2.45) is 0 Å². The Balaban J connectivity index is 0.00000104. The van der Waals surface area contributed by atoms with E-state index in [-0.39, 0.29) is 24.8 Å². The number of para-hydroxylation sites is 1. The molecule has 0 bridgehead atoms. The highest BCUT2D eigenvalue weighted by molar-refractivity contribution is 7.10. The number of thiophene rings is 1. The molecule has 0 saturated carbocycles. The van der Waals surface area contributed by atoms with Crippen LogP contribution in [0.4, 0.5) is 0 Å². The van der Waals surface area contributed by atoms with Crippen molar-refractivity contribution in [3.8, 4) is 0 Å². The molecular formula is C18H23Cl2N3S. The summed E-state index contributed by atoms with van der Waals surface area (Å²) in [6.07, 6.45) is 0. The van der Waals surface area contributed by atoms with E-state index in [1.165, 1.54) is 27.0 Å². The minimum Gasteiger partial charge on any atom is -0.358 e. The molecule has 1 fully saturated rings. The molecule has 3 nitrogen and oxygen atoms in total. The highest BCUT2D eigenvalue weighted by Crippen LogP contribution is 2.38. The largest absolute Gasteiger partial charge is 0.358 e. The number of H-pyrrole nitrogens is 1. The standard InChI is InChI=1S/C18H21N3S.2ClH/c1-13-17(14-5-2-3-6-15(14)20-13)18(16-7-4-12-22-16)21-10-8-19-9-11-21;;/h2-7,12,18-20H,8-11H2,1H3;2*1H/t18-;;/m1../s1. The maximum atomic E-state index is 3.57. The molecule has 0 radical (unpaired) electrons. The molecule has 1 saturated heterocycles.